The highest BCUT2D eigenvalue weighted by Crippen LogP contribution is 2.36. The third kappa shape index (κ3) is 3.62. The standard InChI is InChI=1S/C15H25N3O3/c1-2-19-13(11-6-4-3-5-7-11)14-17-15(21-18-14)12-10-16-8-9-20-12/h11-13,16H,2-10H2,1H3. The van der Waals surface area contributed by atoms with Crippen LogP contribution in [0, 0.1) is 5.92 Å². The summed E-state index contributed by atoms with van der Waals surface area (Å²) in [4.78, 5) is 4.56. The largest absolute Gasteiger partial charge is 0.370 e. The van der Waals surface area contributed by atoms with Gasteiger partial charge in [-0.05, 0) is 25.7 Å². The van der Waals surface area contributed by atoms with Gasteiger partial charge >= 0.3 is 0 Å². The predicted octanol–water partition coefficient (Wildman–Crippen LogP) is 2.39. The summed E-state index contributed by atoms with van der Waals surface area (Å²) in [5, 5.41) is 7.44. The molecule has 0 radical (unpaired) electrons. The van der Waals surface area contributed by atoms with Gasteiger partial charge in [0.2, 0.25) is 5.82 Å². The Labute approximate surface area is 125 Å². The maximum absolute atomic E-state index is 5.93. The molecule has 2 fully saturated rings. The molecule has 1 aromatic heterocycles. The van der Waals surface area contributed by atoms with Crippen molar-refractivity contribution in [3.8, 4) is 0 Å². The Balaban J connectivity index is 1.71. The average Bonchev–Trinajstić information content (AvgIpc) is 3.04. The molecular formula is C15H25N3O3. The van der Waals surface area contributed by atoms with Crippen molar-refractivity contribution < 1.29 is 14.0 Å². The van der Waals surface area contributed by atoms with Gasteiger partial charge in [-0.25, -0.2) is 0 Å². The summed E-state index contributed by atoms with van der Waals surface area (Å²) >= 11 is 0. The molecule has 3 rings (SSSR count). The molecule has 2 heterocycles. The maximum Gasteiger partial charge on any atom is 0.257 e. The fraction of sp³-hybridized carbons (Fsp3) is 0.867. The summed E-state index contributed by atoms with van der Waals surface area (Å²) in [7, 11) is 0. The van der Waals surface area contributed by atoms with Crippen LogP contribution in [-0.2, 0) is 9.47 Å². The SMILES string of the molecule is CCOC(c1noc(C2CNCCO2)n1)C1CCCCC1. The number of hydrogen-bond donors (Lipinski definition) is 1. The average molecular weight is 295 g/mol. The Morgan fingerprint density at radius 1 is 1.33 bits per heavy atom. The van der Waals surface area contributed by atoms with Gasteiger partial charge in [0.05, 0.1) is 6.61 Å². The van der Waals surface area contributed by atoms with E-state index in [1.807, 2.05) is 6.92 Å². The van der Waals surface area contributed by atoms with E-state index in [1.54, 1.807) is 0 Å². The molecule has 0 aromatic carbocycles. The number of morpholine rings is 1. The van der Waals surface area contributed by atoms with Crippen LogP contribution in [0.1, 0.15) is 63.0 Å². The molecule has 118 valence electrons. The Morgan fingerprint density at radius 3 is 2.90 bits per heavy atom. The molecule has 2 unspecified atom stereocenters. The minimum atomic E-state index is -0.131. The fourth-order valence-corrected chi connectivity index (χ4v) is 3.26. The lowest BCUT2D eigenvalue weighted by molar-refractivity contribution is -0.00147. The second-order valence-corrected chi connectivity index (χ2v) is 5.83. The molecule has 6 nitrogen and oxygen atoms in total. The highest BCUT2D eigenvalue weighted by atomic mass is 16.5. The molecule has 1 aliphatic heterocycles. The van der Waals surface area contributed by atoms with Crippen LogP contribution in [0.4, 0.5) is 0 Å². The summed E-state index contributed by atoms with van der Waals surface area (Å²) in [6.07, 6.45) is 6.09. The molecule has 2 atom stereocenters. The first-order valence-electron chi connectivity index (χ1n) is 8.16. The van der Waals surface area contributed by atoms with E-state index in [0.29, 0.717) is 30.8 Å². The monoisotopic (exact) mass is 295 g/mol. The summed E-state index contributed by atoms with van der Waals surface area (Å²) in [5.74, 6) is 1.76. The molecule has 6 heteroatoms. The van der Waals surface area contributed by atoms with Crippen LogP contribution in [0.15, 0.2) is 4.52 Å². The van der Waals surface area contributed by atoms with Gasteiger partial charge in [0, 0.05) is 19.7 Å². The van der Waals surface area contributed by atoms with Crippen LogP contribution in [0.25, 0.3) is 0 Å². The molecule has 1 aliphatic carbocycles. The normalized spacial score (nSPS) is 25.9. The van der Waals surface area contributed by atoms with Gasteiger partial charge in [-0.3, -0.25) is 0 Å². The van der Waals surface area contributed by atoms with Gasteiger partial charge in [0.25, 0.3) is 5.89 Å². The second kappa shape index (κ2) is 7.33. The third-order valence-corrected chi connectivity index (χ3v) is 4.34. The van der Waals surface area contributed by atoms with Crippen molar-refractivity contribution in [2.24, 2.45) is 5.92 Å². The van der Waals surface area contributed by atoms with Crippen LogP contribution in [-0.4, -0.2) is 36.4 Å². The second-order valence-electron chi connectivity index (χ2n) is 5.83. The van der Waals surface area contributed by atoms with Gasteiger partial charge < -0.3 is 19.3 Å². The van der Waals surface area contributed by atoms with E-state index in [0.717, 1.165) is 13.1 Å². The maximum atomic E-state index is 5.93. The van der Waals surface area contributed by atoms with Crippen molar-refractivity contribution >= 4 is 0 Å². The van der Waals surface area contributed by atoms with E-state index in [1.165, 1.54) is 32.1 Å². The van der Waals surface area contributed by atoms with Gasteiger partial charge in [0.1, 0.15) is 12.2 Å². The molecule has 1 N–H and O–H groups in total. The van der Waals surface area contributed by atoms with Crippen molar-refractivity contribution in [3.05, 3.63) is 11.7 Å². The number of nitrogens with one attached hydrogen (secondary N) is 1. The number of nitrogens with zero attached hydrogens (tertiary/aromatic N) is 2. The smallest absolute Gasteiger partial charge is 0.257 e. The number of rotatable bonds is 5. The van der Waals surface area contributed by atoms with Gasteiger partial charge in [-0.2, -0.15) is 4.98 Å². The van der Waals surface area contributed by atoms with E-state index < -0.39 is 0 Å². The Bertz CT molecular complexity index is 426. The van der Waals surface area contributed by atoms with E-state index in [4.69, 9.17) is 14.0 Å². The number of aromatic nitrogens is 2. The minimum absolute atomic E-state index is 0.0376. The van der Waals surface area contributed by atoms with Gasteiger partial charge in [-0.1, -0.05) is 24.4 Å². The van der Waals surface area contributed by atoms with E-state index >= 15 is 0 Å². The van der Waals surface area contributed by atoms with Crippen LogP contribution >= 0.6 is 0 Å². The zero-order valence-electron chi connectivity index (χ0n) is 12.7. The molecule has 2 aliphatic rings. The Morgan fingerprint density at radius 2 is 2.19 bits per heavy atom. The Kier molecular flexibility index (Phi) is 5.22. The minimum Gasteiger partial charge on any atom is -0.370 e. The lowest BCUT2D eigenvalue weighted by atomic mass is 9.85. The highest BCUT2D eigenvalue weighted by molar-refractivity contribution is 4.98. The van der Waals surface area contributed by atoms with Crippen LogP contribution in [0.3, 0.4) is 0 Å². The quantitative estimate of drug-likeness (QED) is 0.899. The number of ether oxygens (including phenoxy) is 2. The van der Waals surface area contributed by atoms with Gasteiger partial charge in [-0.15, -0.1) is 0 Å². The van der Waals surface area contributed by atoms with E-state index in [9.17, 15) is 0 Å². The van der Waals surface area contributed by atoms with Gasteiger partial charge in [0.15, 0.2) is 0 Å². The molecule has 0 bridgehead atoms. The molecule has 21 heavy (non-hydrogen) atoms. The molecule has 1 saturated carbocycles. The summed E-state index contributed by atoms with van der Waals surface area (Å²) < 4.78 is 17.0. The zero-order chi connectivity index (χ0) is 14.5. The molecule has 1 aromatic rings. The first-order chi connectivity index (χ1) is 10.4. The van der Waals surface area contributed by atoms with Crippen LogP contribution < -0.4 is 5.32 Å². The lowest BCUT2D eigenvalue weighted by Crippen LogP contribution is -2.33. The van der Waals surface area contributed by atoms with Crippen molar-refractivity contribution in [1.82, 2.24) is 15.5 Å². The molecular weight excluding hydrogens is 270 g/mol. The highest BCUT2D eigenvalue weighted by Gasteiger charge is 2.31. The Hall–Kier alpha value is -0.980. The third-order valence-electron chi connectivity index (χ3n) is 4.34. The van der Waals surface area contributed by atoms with E-state index in [2.05, 4.69) is 15.5 Å². The summed E-state index contributed by atoms with van der Waals surface area (Å²) in [6.45, 7) is 4.98. The van der Waals surface area contributed by atoms with Crippen molar-refractivity contribution in [1.29, 1.82) is 0 Å². The molecule has 0 amide bonds. The van der Waals surface area contributed by atoms with E-state index in [-0.39, 0.29) is 12.2 Å². The number of hydrogen-bond acceptors (Lipinski definition) is 6. The predicted molar refractivity (Wildman–Crippen MR) is 76.8 cm³/mol. The van der Waals surface area contributed by atoms with Crippen LogP contribution in [0.2, 0.25) is 0 Å². The van der Waals surface area contributed by atoms with Crippen molar-refractivity contribution in [2.75, 3.05) is 26.3 Å². The molecule has 1 saturated heterocycles. The first-order valence-corrected chi connectivity index (χ1v) is 8.16. The molecule has 0 spiro atoms. The van der Waals surface area contributed by atoms with Crippen LogP contribution in [0.5, 0.6) is 0 Å². The first kappa shape index (κ1) is 14.9. The lowest BCUT2D eigenvalue weighted by Gasteiger charge is -2.27. The zero-order valence-corrected chi connectivity index (χ0v) is 12.7. The summed E-state index contributed by atoms with van der Waals surface area (Å²) in [6, 6.07) is 0. The topological polar surface area (TPSA) is 69.4 Å². The van der Waals surface area contributed by atoms with Crippen molar-refractivity contribution in [3.63, 3.8) is 0 Å². The van der Waals surface area contributed by atoms with Crippen molar-refractivity contribution in [2.45, 2.75) is 51.2 Å². The fourth-order valence-electron chi connectivity index (χ4n) is 3.26. The summed E-state index contributed by atoms with van der Waals surface area (Å²) in [5.41, 5.74) is 0.